The summed E-state index contributed by atoms with van der Waals surface area (Å²) in [6.07, 6.45) is 4.77. The highest BCUT2D eigenvalue weighted by molar-refractivity contribution is 5.93. The van der Waals surface area contributed by atoms with Crippen molar-refractivity contribution >= 4 is 11.8 Å². The first-order valence-electron chi connectivity index (χ1n) is 12.3. The molecule has 1 aliphatic carbocycles. The number of H-pyrrole nitrogens is 1. The van der Waals surface area contributed by atoms with Gasteiger partial charge in [0.2, 0.25) is 5.91 Å². The predicted octanol–water partition coefficient (Wildman–Crippen LogP) is 4.32. The van der Waals surface area contributed by atoms with Crippen LogP contribution in [0, 0.1) is 5.41 Å². The molecule has 1 aromatic heterocycles. The number of likely N-dealkylation sites (tertiary alicyclic amines) is 2. The molecule has 3 fully saturated rings. The fourth-order valence-corrected chi connectivity index (χ4v) is 6.87. The minimum Gasteiger partial charge on any atom is -0.334 e. The summed E-state index contributed by atoms with van der Waals surface area (Å²) in [4.78, 5) is 31.3. The molecule has 0 radical (unpaired) electrons. The minimum absolute atomic E-state index is 0.00495. The van der Waals surface area contributed by atoms with E-state index in [1.807, 2.05) is 24.3 Å². The van der Waals surface area contributed by atoms with Gasteiger partial charge in [0, 0.05) is 35.5 Å². The molecule has 176 valence electrons. The molecule has 2 aliphatic heterocycles. The molecular weight excluding hydrogens is 412 g/mol. The quantitative estimate of drug-likeness (QED) is 0.760. The maximum atomic E-state index is 14.1. The van der Waals surface area contributed by atoms with Crippen LogP contribution in [0.15, 0.2) is 36.4 Å². The van der Waals surface area contributed by atoms with Crippen molar-refractivity contribution in [1.82, 2.24) is 20.0 Å². The molecule has 3 heterocycles. The first kappa shape index (κ1) is 22.2. The lowest BCUT2D eigenvalue weighted by molar-refractivity contribution is -0.133. The molecule has 1 saturated carbocycles. The van der Waals surface area contributed by atoms with Crippen LogP contribution in [0.4, 0.5) is 0 Å². The Morgan fingerprint density at radius 2 is 1.79 bits per heavy atom. The van der Waals surface area contributed by atoms with Gasteiger partial charge in [0.05, 0.1) is 12.1 Å². The Morgan fingerprint density at radius 3 is 2.39 bits per heavy atom. The monoisotopic (exact) mass is 448 g/mol. The largest absolute Gasteiger partial charge is 0.334 e. The van der Waals surface area contributed by atoms with E-state index in [1.165, 1.54) is 5.56 Å². The topological polar surface area (TPSA) is 69.3 Å². The van der Waals surface area contributed by atoms with Gasteiger partial charge in [-0.2, -0.15) is 5.10 Å². The summed E-state index contributed by atoms with van der Waals surface area (Å²) >= 11 is 0. The lowest BCUT2D eigenvalue weighted by Gasteiger charge is -2.52. The van der Waals surface area contributed by atoms with Crippen molar-refractivity contribution in [2.75, 3.05) is 0 Å². The Labute approximate surface area is 196 Å². The molecule has 5 rings (SSSR count). The summed E-state index contributed by atoms with van der Waals surface area (Å²) in [7, 11) is 0. The van der Waals surface area contributed by atoms with Crippen LogP contribution in [-0.4, -0.2) is 56.0 Å². The second-order valence-electron chi connectivity index (χ2n) is 11.6. The lowest BCUT2D eigenvalue weighted by Crippen LogP contribution is -2.62. The van der Waals surface area contributed by atoms with Crippen molar-refractivity contribution in [1.29, 1.82) is 0 Å². The molecule has 0 spiro atoms. The van der Waals surface area contributed by atoms with E-state index in [9.17, 15) is 9.59 Å². The van der Waals surface area contributed by atoms with Crippen molar-refractivity contribution in [3.05, 3.63) is 53.3 Å². The van der Waals surface area contributed by atoms with Gasteiger partial charge < -0.3 is 9.80 Å². The maximum Gasteiger partial charge on any atom is 0.274 e. The fourth-order valence-electron chi connectivity index (χ4n) is 6.87. The summed E-state index contributed by atoms with van der Waals surface area (Å²) in [6, 6.07) is 12.6. The third-order valence-corrected chi connectivity index (χ3v) is 8.45. The molecule has 3 aliphatic rings. The van der Waals surface area contributed by atoms with Crippen LogP contribution >= 0.6 is 0 Å². The number of hydrogen-bond acceptors (Lipinski definition) is 3. The molecule has 1 N–H and O–H groups in total. The molecule has 6 heteroatoms. The molecular formula is C27H36N4O2. The van der Waals surface area contributed by atoms with Gasteiger partial charge in [0.25, 0.3) is 5.91 Å². The zero-order valence-electron chi connectivity index (χ0n) is 20.5. The van der Waals surface area contributed by atoms with Gasteiger partial charge in [-0.1, -0.05) is 58.0 Å². The van der Waals surface area contributed by atoms with E-state index in [1.54, 1.807) is 6.92 Å². The average Bonchev–Trinajstić information content (AvgIpc) is 3.36. The maximum absolute atomic E-state index is 14.1. The second-order valence-corrected chi connectivity index (χ2v) is 11.6. The molecule has 2 saturated heterocycles. The fraction of sp³-hybridized carbons (Fsp3) is 0.593. The lowest BCUT2D eigenvalue weighted by atomic mass is 9.64. The molecule has 2 amide bonds. The number of aromatic amines is 1. The Kier molecular flexibility index (Phi) is 5.18. The van der Waals surface area contributed by atoms with E-state index >= 15 is 0 Å². The smallest absolute Gasteiger partial charge is 0.274 e. The Bertz CT molecular complexity index is 1060. The number of rotatable bonds is 3. The van der Waals surface area contributed by atoms with Crippen LogP contribution in [0.1, 0.15) is 82.0 Å². The molecule has 2 aromatic rings. The summed E-state index contributed by atoms with van der Waals surface area (Å²) in [5.74, 6) is 0.131. The number of hydrogen-bond donors (Lipinski definition) is 1. The number of aromatic nitrogens is 2. The SMILES string of the molecule is CC(=O)N1[C@H]2CCC[C@H]3N(C(=O)c4cc(C(C)(C)C)[nH]n4)[C@@H](Cc4ccccc4)[C@@H]1C[C@@]23C. The highest BCUT2D eigenvalue weighted by Gasteiger charge is 2.64. The molecule has 5 atom stereocenters. The predicted molar refractivity (Wildman–Crippen MR) is 128 cm³/mol. The first-order chi connectivity index (χ1) is 15.6. The highest BCUT2D eigenvalue weighted by atomic mass is 16.2. The first-order valence-corrected chi connectivity index (χ1v) is 12.3. The molecule has 1 aromatic carbocycles. The van der Waals surface area contributed by atoms with Crippen LogP contribution in [0.3, 0.4) is 0 Å². The standard InChI is InChI=1S/C27H36N4O2/c1-17(32)30-21-16-27(5)23(30)12-9-13-24(27)31(20(21)14-18-10-7-6-8-11-18)25(33)19-15-22(29-28-19)26(2,3)4/h6-8,10-11,15,20-21,23-24H,9,12-14,16H2,1-5H3,(H,28,29)/t20-,21-,23-,24+,27-/m0/s1. The second kappa shape index (κ2) is 7.71. The number of nitrogens with zero attached hydrogens (tertiary/aromatic N) is 3. The third kappa shape index (κ3) is 3.49. The highest BCUT2D eigenvalue weighted by Crippen LogP contribution is 2.56. The van der Waals surface area contributed by atoms with Gasteiger partial charge in [-0.25, -0.2) is 0 Å². The van der Waals surface area contributed by atoms with Crippen molar-refractivity contribution in [2.45, 2.75) is 96.3 Å². The Morgan fingerprint density at radius 1 is 1.12 bits per heavy atom. The van der Waals surface area contributed by atoms with Gasteiger partial charge in [-0.3, -0.25) is 14.7 Å². The summed E-state index contributed by atoms with van der Waals surface area (Å²) in [5, 5.41) is 7.55. The van der Waals surface area contributed by atoms with Crippen LogP contribution < -0.4 is 0 Å². The van der Waals surface area contributed by atoms with E-state index in [-0.39, 0.29) is 46.8 Å². The number of carbonyl (C=O) groups is 2. The Hall–Kier alpha value is -2.63. The zero-order valence-corrected chi connectivity index (χ0v) is 20.5. The number of carbonyl (C=O) groups excluding carboxylic acids is 2. The third-order valence-electron chi connectivity index (χ3n) is 8.45. The molecule has 2 bridgehead atoms. The normalized spacial score (nSPS) is 31.1. The van der Waals surface area contributed by atoms with Gasteiger partial charge in [0.1, 0.15) is 5.69 Å². The van der Waals surface area contributed by atoms with Gasteiger partial charge in [-0.05, 0) is 43.7 Å². The Balaban J connectivity index is 1.59. The van der Waals surface area contributed by atoms with Gasteiger partial charge in [-0.15, -0.1) is 0 Å². The average molecular weight is 449 g/mol. The number of fused-ring (bicyclic) bond motifs is 1. The van der Waals surface area contributed by atoms with Crippen molar-refractivity contribution in [2.24, 2.45) is 5.41 Å². The van der Waals surface area contributed by atoms with Crippen molar-refractivity contribution in [3.63, 3.8) is 0 Å². The van der Waals surface area contributed by atoms with Crippen LogP contribution in [0.5, 0.6) is 0 Å². The van der Waals surface area contributed by atoms with Crippen LogP contribution in [0.25, 0.3) is 0 Å². The van der Waals surface area contributed by atoms with E-state index in [2.05, 4.69) is 59.8 Å². The number of piperidine rings is 1. The van der Waals surface area contributed by atoms with Gasteiger partial charge in [0.15, 0.2) is 0 Å². The van der Waals surface area contributed by atoms with Gasteiger partial charge >= 0.3 is 0 Å². The molecule has 0 unspecified atom stereocenters. The van der Waals surface area contributed by atoms with E-state index in [0.29, 0.717) is 5.69 Å². The molecule has 6 nitrogen and oxygen atoms in total. The molecule has 33 heavy (non-hydrogen) atoms. The zero-order chi connectivity index (χ0) is 23.5. The van der Waals surface area contributed by atoms with Crippen LogP contribution in [0.2, 0.25) is 0 Å². The summed E-state index contributed by atoms with van der Waals surface area (Å²) in [5.41, 5.74) is 2.47. The van der Waals surface area contributed by atoms with Crippen molar-refractivity contribution in [3.8, 4) is 0 Å². The van der Waals surface area contributed by atoms with E-state index < -0.39 is 0 Å². The number of benzene rings is 1. The van der Waals surface area contributed by atoms with Crippen molar-refractivity contribution < 1.29 is 9.59 Å². The minimum atomic E-state index is -0.108. The number of nitrogens with one attached hydrogen (secondary N) is 1. The van der Waals surface area contributed by atoms with E-state index in [0.717, 1.165) is 37.8 Å². The van der Waals surface area contributed by atoms with E-state index in [4.69, 9.17) is 0 Å². The summed E-state index contributed by atoms with van der Waals surface area (Å²) in [6.45, 7) is 10.4. The number of amides is 2. The van der Waals surface area contributed by atoms with Crippen LogP contribution in [-0.2, 0) is 16.6 Å². The summed E-state index contributed by atoms with van der Waals surface area (Å²) < 4.78 is 0.